The molecule has 0 radical (unpaired) electrons. The number of hydrogen-bond acceptors (Lipinski definition) is 2. The fraction of sp³-hybridized carbons (Fsp3) is 0.160. The molecule has 1 atom stereocenters. The zero-order chi connectivity index (χ0) is 19.3. The summed E-state index contributed by atoms with van der Waals surface area (Å²) < 4.78 is 13.2. The number of ketones is 1. The highest BCUT2D eigenvalue weighted by Crippen LogP contribution is 2.29. The van der Waals surface area contributed by atoms with Crippen LogP contribution in [-0.4, -0.2) is 10.9 Å². The molecule has 0 fully saturated rings. The molecule has 2 aliphatic carbocycles. The maximum Gasteiger partial charge on any atom is 0.169 e. The molecular formula is C25H19FO2. The first-order chi connectivity index (χ1) is 13.6. The van der Waals surface area contributed by atoms with Crippen molar-refractivity contribution in [3.05, 3.63) is 87.5 Å². The first-order valence-electron chi connectivity index (χ1n) is 9.56. The van der Waals surface area contributed by atoms with Crippen LogP contribution < -0.4 is 10.4 Å². The maximum absolute atomic E-state index is 13.2. The number of rotatable bonds is 2. The fourth-order valence-corrected chi connectivity index (χ4v) is 4.39. The van der Waals surface area contributed by atoms with Crippen LogP contribution in [-0.2, 0) is 12.8 Å². The second-order valence-electron chi connectivity index (χ2n) is 7.53. The molecule has 0 spiro atoms. The Hall–Kier alpha value is -3.20. The molecule has 0 saturated carbocycles. The molecule has 0 aromatic heterocycles. The number of benzene rings is 3. The van der Waals surface area contributed by atoms with Gasteiger partial charge < -0.3 is 5.11 Å². The normalized spacial score (nSPS) is 16.8. The molecular weight excluding hydrogens is 351 g/mol. The van der Waals surface area contributed by atoms with Crippen LogP contribution in [0.5, 0.6) is 5.75 Å². The Morgan fingerprint density at radius 3 is 2.54 bits per heavy atom. The number of carbonyl (C=O) groups is 1. The molecule has 3 aromatic carbocycles. The number of halogens is 1. The van der Waals surface area contributed by atoms with E-state index in [1.165, 1.54) is 23.3 Å². The summed E-state index contributed by atoms with van der Waals surface area (Å²) >= 11 is 0. The smallest absolute Gasteiger partial charge is 0.169 e. The molecule has 0 amide bonds. The van der Waals surface area contributed by atoms with Gasteiger partial charge in [0.2, 0.25) is 0 Å². The fourth-order valence-electron chi connectivity index (χ4n) is 4.39. The summed E-state index contributed by atoms with van der Waals surface area (Å²) in [6.45, 7) is 0. The van der Waals surface area contributed by atoms with Crippen LogP contribution in [0.4, 0.5) is 4.39 Å². The van der Waals surface area contributed by atoms with Crippen molar-refractivity contribution in [2.75, 3.05) is 0 Å². The van der Waals surface area contributed by atoms with Crippen molar-refractivity contribution in [3.8, 4) is 16.9 Å². The van der Waals surface area contributed by atoms with Gasteiger partial charge in [0.05, 0.1) is 0 Å². The molecule has 28 heavy (non-hydrogen) atoms. The van der Waals surface area contributed by atoms with Crippen molar-refractivity contribution >= 4 is 17.9 Å². The highest BCUT2D eigenvalue weighted by Gasteiger charge is 2.23. The van der Waals surface area contributed by atoms with Crippen molar-refractivity contribution in [2.45, 2.75) is 19.3 Å². The number of aromatic hydroxyl groups is 1. The second-order valence-corrected chi connectivity index (χ2v) is 7.53. The van der Waals surface area contributed by atoms with Crippen LogP contribution in [0.2, 0.25) is 0 Å². The number of carbonyl (C=O) groups excluding carboxylic acids is 1. The molecule has 5 rings (SSSR count). The van der Waals surface area contributed by atoms with Gasteiger partial charge in [0.15, 0.2) is 5.78 Å². The number of Topliss-reactive ketones (excluding diaryl/α,β-unsaturated/α-hetero) is 1. The average Bonchev–Trinajstić information content (AvgIpc) is 2.73. The third-order valence-electron chi connectivity index (χ3n) is 5.85. The lowest BCUT2D eigenvalue weighted by Gasteiger charge is -2.21. The molecule has 0 saturated heterocycles. The van der Waals surface area contributed by atoms with E-state index in [1.807, 2.05) is 12.1 Å². The first kappa shape index (κ1) is 16.9. The number of fused-ring (bicyclic) bond motifs is 5. The first-order valence-corrected chi connectivity index (χ1v) is 9.56. The Morgan fingerprint density at radius 2 is 1.71 bits per heavy atom. The predicted molar refractivity (Wildman–Crippen MR) is 108 cm³/mol. The Labute approximate surface area is 162 Å². The molecule has 0 bridgehead atoms. The monoisotopic (exact) mass is 370 g/mol. The maximum atomic E-state index is 13.2. The van der Waals surface area contributed by atoms with Crippen molar-refractivity contribution in [3.63, 3.8) is 0 Å². The number of phenolic OH excluding ortho intramolecular Hbond substituents is 1. The van der Waals surface area contributed by atoms with Crippen molar-refractivity contribution in [1.29, 1.82) is 0 Å². The van der Waals surface area contributed by atoms with Gasteiger partial charge in [-0.15, -0.1) is 0 Å². The summed E-state index contributed by atoms with van der Waals surface area (Å²) in [4.78, 5) is 12.9. The lowest BCUT2D eigenvalue weighted by molar-refractivity contribution is 0.0946. The Kier molecular flexibility index (Phi) is 3.90. The Balaban J connectivity index is 1.63. The molecule has 1 N–H and O–H groups in total. The third kappa shape index (κ3) is 2.75. The Morgan fingerprint density at radius 1 is 0.929 bits per heavy atom. The zero-order valence-electron chi connectivity index (χ0n) is 15.3. The summed E-state index contributed by atoms with van der Waals surface area (Å²) in [6, 6.07) is 15.6. The van der Waals surface area contributed by atoms with Crippen LogP contribution in [0.3, 0.4) is 0 Å². The number of phenols is 1. The summed E-state index contributed by atoms with van der Waals surface area (Å²) in [5, 5.41) is 12.2. The molecule has 2 nitrogen and oxygen atoms in total. The van der Waals surface area contributed by atoms with Crippen LogP contribution in [0.15, 0.2) is 54.6 Å². The number of hydrogen-bond donors (Lipinski definition) is 1. The minimum atomic E-state index is -0.333. The third-order valence-corrected chi connectivity index (χ3v) is 5.85. The summed E-state index contributed by atoms with van der Waals surface area (Å²) in [5.74, 6) is -0.238. The van der Waals surface area contributed by atoms with Crippen molar-refractivity contribution < 1.29 is 14.3 Å². The van der Waals surface area contributed by atoms with Gasteiger partial charge >= 0.3 is 0 Å². The minimum absolute atomic E-state index is 0.0390. The van der Waals surface area contributed by atoms with E-state index in [4.69, 9.17) is 0 Å². The molecule has 2 aliphatic rings. The second kappa shape index (κ2) is 6.45. The topological polar surface area (TPSA) is 37.3 Å². The lowest BCUT2D eigenvalue weighted by atomic mass is 9.82. The molecule has 3 aromatic rings. The van der Waals surface area contributed by atoms with Gasteiger partial charge in [-0.3, -0.25) is 4.79 Å². The SMILES string of the molecule is O=C(c1ccc(F)cc1)C1C=c2c(ccc3c2=CCc2ccc(O)cc2-3)CC1. The quantitative estimate of drug-likeness (QED) is 0.698. The van der Waals surface area contributed by atoms with E-state index < -0.39 is 0 Å². The van der Waals surface area contributed by atoms with Crippen LogP contribution >= 0.6 is 0 Å². The van der Waals surface area contributed by atoms with Gasteiger partial charge in [-0.05, 0) is 88.4 Å². The molecule has 0 heterocycles. The molecule has 0 aliphatic heterocycles. The standard InChI is InChI=1S/C25H19FO2/c26-19-8-3-17(4-9-19)25(28)18-2-1-15-6-12-22-21(23(15)13-18)11-7-16-5-10-20(27)14-24(16)22/h3-6,8-14,18,27H,1-2,7H2. The van der Waals surface area contributed by atoms with E-state index in [2.05, 4.69) is 24.3 Å². The van der Waals surface area contributed by atoms with Crippen molar-refractivity contribution in [2.24, 2.45) is 5.92 Å². The van der Waals surface area contributed by atoms with Gasteiger partial charge in [-0.25, -0.2) is 4.39 Å². The van der Waals surface area contributed by atoms with Crippen LogP contribution in [0.1, 0.15) is 27.9 Å². The Bertz CT molecular complexity index is 1220. The largest absolute Gasteiger partial charge is 0.508 e. The summed E-state index contributed by atoms with van der Waals surface area (Å²) in [5.41, 5.74) is 5.15. The van der Waals surface area contributed by atoms with Gasteiger partial charge in [-0.1, -0.05) is 30.4 Å². The summed E-state index contributed by atoms with van der Waals surface area (Å²) in [7, 11) is 0. The average molecular weight is 370 g/mol. The highest BCUT2D eigenvalue weighted by molar-refractivity contribution is 6.01. The zero-order valence-corrected chi connectivity index (χ0v) is 15.3. The van der Waals surface area contributed by atoms with Gasteiger partial charge in [0.1, 0.15) is 11.6 Å². The molecule has 138 valence electrons. The van der Waals surface area contributed by atoms with Gasteiger partial charge in [0.25, 0.3) is 0 Å². The van der Waals surface area contributed by atoms with E-state index in [9.17, 15) is 14.3 Å². The minimum Gasteiger partial charge on any atom is -0.508 e. The van der Waals surface area contributed by atoms with Crippen LogP contribution in [0, 0.1) is 11.7 Å². The van der Waals surface area contributed by atoms with E-state index in [-0.39, 0.29) is 23.3 Å². The van der Waals surface area contributed by atoms with Crippen LogP contribution in [0.25, 0.3) is 23.3 Å². The van der Waals surface area contributed by atoms with E-state index >= 15 is 0 Å². The van der Waals surface area contributed by atoms with E-state index in [0.717, 1.165) is 40.8 Å². The molecule has 3 heteroatoms. The van der Waals surface area contributed by atoms with E-state index in [0.29, 0.717) is 5.56 Å². The predicted octanol–water partition coefficient (Wildman–Crippen LogP) is 3.76. The van der Waals surface area contributed by atoms with Crippen molar-refractivity contribution in [1.82, 2.24) is 0 Å². The summed E-state index contributed by atoms with van der Waals surface area (Å²) in [6.07, 6.45) is 6.71. The van der Waals surface area contributed by atoms with Gasteiger partial charge in [-0.2, -0.15) is 0 Å². The number of aryl methyl sites for hydroxylation is 1. The molecule has 1 unspecified atom stereocenters. The lowest BCUT2D eigenvalue weighted by Crippen LogP contribution is -2.37. The van der Waals surface area contributed by atoms with E-state index in [1.54, 1.807) is 18.2 Å². The highest BCUT2D eigenvalue weighted by atomic mass is 19.1. The van der Waals surface area contributed by atoms with Gasteiger partial charge in [0, 0.05) is 11.5 Å².